The zero-order valence-electron chi connectivity index (χ0n) is 13.4. The SMILES string of the molecule is CC1(C)C[C@]1(C#N)c1ccc2cnc(NC(=O)C3CC3)cc2c1. The van der Waals surface area contributed by atoms with Crippen molar-refractivity contribution in [1.29, 1.82) is 5.26 Å². The van der Waals surface area contributed by atoms with E-state index in [1.807, 2.05) is 18.2 Å². The number of fused-ring (bicyclic) bond motifs is 1. The Kier molecular flexibility index (Phi) is 2.81. The van der Waals surface area contributed by atoms with E-state index in [0.29, 0.717) is 5.82 Å². The average molecular weight is 305 g/mol. The number of carbonyl (C=O) groups excluding carboxylic acids is 1. The van der Waals surface area contributed by atoms with Gasteiger partial charge in [0, 0.05) is 17.5 Å². The summed E-state index contributed by atoms with van der Waals surface area (Å²) in [6.07, 6.45) is 4.61. The highest BCUT2D eigenvalue weighted by atomic mass is 16.2. The first-order valence-electron chi connectivity index (χ1n) is 8.08. The minimum absolute atomic E-state index is 0.0193. The quantitative estimate of drug-likeness (QED) is 0.938. The van der Waals surface area contributed by atoms with Gasteiger partial charge in [-0.15, -0.1) is 0 Å². The van der Waals surface area contributed by atoms with Crippen LogP contribution in [0.1, 0.15) is 38.7 Å². The third kappa shape index (κ3) is 2.19. The average Bonchev–Trinajstić information content (AvgIpc) is 3.42. The van der Waals surface area contributed by atoms with E-state index < -0.39 is 0 Å². The minimum atomic E-state index is -0.387. The summed E-state index contributed by atoms with van der Waals surface area (Å²) in [5.74, 6) is 0.811. The molecule has 2 aliphatic carbocycles. The lowest BCUT2D eigenvalue weighted by molar-refractivity contribution is -0.117. The van der Waals surface area contributed by atoms with Crippen molar-refractivity contribution >= 4 is 22.5 Å². The molecule has 1 aromatic carbocycles. The smallest absolute Gasteiger partial charge is 0.228 e. The third-order valence-corrected chi connectivity index (χ3v) is 5.34. The Balaban J connectivity index is 1.70. The summed E-state index contributed by atoms with van der Waals surface area (Å²) in [5.41, 5.74) is 0.691. The zero-order chi connectivity index (χ0) is 16.2. The molecule has 2 aromatic rings. The number of pyridine rings is 1. The van der Waals surface area contributed by atoms with Gasteiger partial charge in [-0.25, -0.2) is 4.98 Å². The van der Waals surface area contributed by atoms with Gasteiger partial charge < -0.3 is 5.32 Å². The number of aromatic nitrogens is 1. The summed E-state index contributed by atoms with van der Waals surface area (Å²) in [6.45, 7) is 4.27. The maximum absolute atomic E-state index is 11.9. The highest BCUT2D eigenvalue weighted by Gasteiger charge is 2.63. The van der Waals surface area contributed by atoms with Crippen molar-refractivity contribution in [2.75, 3.05) is 5.32 Å². The van der Waals surface area contributed by atoms with Gasteiger partial charge in [0.2, 0.25) is 5.91 Å². The van der Waals surface area contributed by atoms with E-state index in [4.69, 9.17) is 0 Å². The molecule has 0 aliphatic heterocycles. The second-order valence-corrected chi connectivity index (χ2v) is 7.47. The Morgan fingerprint density at radius 2 is 2.04 bits per heavy atom. The van der Waals surface area contributed by atoms with E-state index in [9.17, 15) is 10.1 Å². The molecule has 0 spiro atoms. The summed E-state index contributed by atoms with van der Waals surface area (Å²) in [4.78, 5) is 16.2. The van der Waals surface area contributed by atoms with E-state index >= 15 is 0 Å². The summed E-state index contributed by atoms with van der Waals surface area (Å²) in [7, 11) is 0. The van der Waals surface area contributed by atoms with Crippen LogP contribution in [0, 0.1) is 22.7 Å². The summed E-state index contributed by atoms with van der Waals surface area (Å²) >= 11 is 0. The van der Waals surface area contributed by atoms with Crippen LogP contribution in [0.4, 0.5) is 5.82 Å². The number of nitrogens with one attached hydrogen (secondary N) is 1. The topological polar surface area (TPSA) is 65.8 Å². The fourth-order valence-corrected chi connectivity index (χ4v) is 3.42. The Hall–Kier alpha value is -2.41. The van der Waals surface area contributed by atoms with Crippen molar-refractivity contribution in [2.24, 2.45) is 11.3 Å². The molecule has 2 saturated carbocycles. The van der Waals surface area contributed by atoms with Gasteiger partial charge in [0.05, 0.1) is 11.5 Å². The molecular weight excluding hydrogens is 286 g/mol. The second kappa shape index (κ2) is 4.55. The number of hydrogen-bond acceptors (Lipinski definition) is 3. The first-order valence-corrected chi connectivity index (χ1v) is 8.08. The van der Waals surface area contributed by atoms with Gasteiger partial charge in [-0.05, 0) is 47.8 Å². The zero-order valence-corrected chi connectivity index (χ0v) is 13.4. The number of hydrogen-bond donors (Lipinski definition) is 1. The van der Waals surface area contributed by atoms with Crippen LogP contribution in [-0.2, 0) is 10.2 Å². The van der Waals surface area contributed by atoms with Crippen molar-refractivity contribution in [1.82, 2.24) is 4.98 Å². The molecule has 4 rings (SSSR count). The lowest BCUT2D eigenvalue weighted by Gasteiger charge is -2.14. The van der Waals surface area contributed by atoms with Crippen LogP contribution in [0.3, 0.4) is 0 Å². The van der Waals surface area contributed by atoms with Gasteiger partial charge in [-0.1, -0.05) is 26.0 Å². The Labute approximate surface area is 135 Å². The van der Waals surface area contributed by atoms with E-state index in [0.717, 1.165) is 35.6 Å². The van der Waals surface area contributed by atoms with Crippen LogP contribution in [0.5, 0.6) is 0 Å². The van der Waals surface area contributed by atoms with Gasteiger partial charge in [0.15, 0.2) is 0 Å². The van der Waals surface area contributed by atoms with Crippen molar-refractivity contribution < 1.29 is 4.79 Å². The highest BCUT2D eigenvalue weighted by Crippen LogP contribution is 2.64. The lowest BCUT2D eigenvalue weighted by Crippen LogP contribution is -2.14. The van der Waals surface area contributed by atoms with E-state index in [1.54, 1.807) is 6.20 Å². The van der Waals surface area contributed by atoms with Gasteiger partial charge in [-0.2, -0.15) is 5.26 Å². The predicted octanol–water partition coefficient (Wildman–Crippen LogP) is 3.77. The van der Waals surface area contributed by atoms with Crippen molar-refractivity contribution in [3.63, 3.8) is 0 Å². The fourth-order valence-electron chi connectivity index (χ4n) is 3.42. The molecule has 0 radical (unpaired) electrons. The van der Waals surface area contributed by atoms with Crippen LogP contribution in [-0.4, -0.2) is 10.9 Å². The minimum Gasteiger partial charge on any atom is -0.310 e. The summed E-state index contributed by atoms with van der Waals surface area (Å²) in [6, 6.07) is 10.5. The maximum Gasteiger partial charge on any atom is 0.228 e. The molecule has 116 valence electrons. The van der Waals surface area contributed by atoms with Crippen LogP contribution < -0.4 is 5.32 Å². The fraction of sp³-hybridized carbons (Fsp3) is 0.421. The maximum atomic E-state index is 11.9. The predicted molar refractivity (Wildman–Crippen MR) is 88.8 cm³/mol. The molecule has 1 heterocycles. The third-order valence-electron chi connectivity index (χ3n) is 5.34. The Bertz CT molecular complexity index is 861. The molecule has 23 heavy (non-hydrogen) atoms. The molecule has 2 aliphatic rings. The number of anilines is 1. The highest BCUT2D eigenvalue weighted by molar-refractivity contribution is 5.95. The van der Waals surface area contributed by atoms with E-state index in [-0.39, 0.29) is 22.7 Å². The van der Waals surface area contributed by atoms with Crippen LogP contribution in [0.25, 0.3) is 10.8 Å². The molecule has 2 fully saturated rings. The van der Waals surface area contributed by atoms with Crippen LogP contribution in [0.2, 0.25) is 0 Å². The monoisotopic (exact) mass is 305 g/mol. The number of nitrogens with zero attached hydrogens (tertiary/aromatic N) is 2. The molecule has 1 aromatic heterocycles. The first-order chi connectivity index (χ1) is 10.9. The molecule has 1 N–H and O–H groups in total. The second-order valence-electron chi connectivity index (χ2n) is 7.47. The standard InChI is InChI=1S/C19H19N3O/c1-18(2)10-19(18,11-20)15-6-5-13-9-21-16(8-14(13)7-15)22-17(23)12-3-4-12/h5-9,12H,3-4,10H2,1-2H3,(H,21,22,23)/t19-/m0/s1. The molecule has 0 unspecified atom stereocenters. The number of benzene rings is 1. The van der Waals surface area contributed by atoms with Crippen LogP contribution >= 0.6 is 0 Å². The largest absolute Gasteiger partial charge is 0.310 e. The van der Waals surface area contributed by atoms with Crippen LogP contribution in [0.15, 0.2) is 30.5 Å². The molecule has 1 amide bonds. The number of carbonyl (C=O) groups is 1. The lowest BCUT2D eigenvalue weighted by atomic mass is 9.88. The molecule has 4 nitrogen and oxygen atoms in total. The van der Waals surface area contributed by atoms with Gasteiger partial charge in [0.1, 0.15) is 5.82 Å². The van der Waals surface area contributed by atoms with E-state index in [2.05, 4.69) is 36.3 Å². The van der Waals surface area contributed by atoms with Crippen molar-refractivity contribution in [3.8, 4) is 6.07 Å². The molecule has 0 bridgehead atoms. The molecule has 1 atom stereocenters. The molecule has 4 heteroatoms. The number of rotatable bonds is 3. The van der Waals surface area contributed by atoms with Crippen molar-refractivity contribution in [2.45, 2.75) is 38.5 Å². The molecular formula is C19H19N3O. The normalized spacial score (nSPS) is 24.9. The summed E-state index contributed by atoms with van der Waals surface area (Å²) in [5, 5.41) is 14.6. The number of nitriles is 1. The molecule has 0 saturated heterocycles. The van der Waals surface area contributed by atoms with Gasteiger partial charge >= 0.3 is 0 Å². The Morgan fingerprint density at radius 3 is 2.65 bits per heavy atom. The number of amides is 1. The van der Waals surface area contributed by atoms with E-state index in [1.165, 1.54) is 0 Å². The van der Waals surface area contributed by atoms with Crippen molar-refractivity contribution in [3.05, 3.63) is 36.0 Å². The Morgan fingerprint density at radius 1 is 1.30 bits per heavy atom. The summed E-state index contributed by atoms with van der Waals surface area (Å²) < 4.78 is 0. The van der Waals surface area contributed by atoms with Gasteiger partial charge in [-0.3, -0.25) is 4.79 Å². The van der Waals surface area contributed by atoms with Gasteiger partial charge in [0.25, 0.3) is 0 Å². The first kappa shape index (κ1) is 14.2.